The highest BCUT2D eigenvalue weighted by Crippen LogP contribution is 2.32. The largest absolute Gasteiger partial charge is 0.497 e. The number of amides is 1. The van der Waals surface area contributed by atoms with Gasteiger partial charge in [0.15, 0.2) is 0 Å². The van der Waals surface area contributed by atoms with Crippen molar-refractivity contribution in [3.05, 3.63) is 53.4 Å². The molecular formula is C22H24N2O5S2. The third-order valence-corrected chi connectivity index (χ3v) is 8.25. The van der Waals surface area contributed by atoms with Crippen LogP contribution in [-0.2, 0) is 14.8 Å². The van der Waals surface area contributed by atoms with Gasteiger partial charge in [-0.3, -0.25) is 9.10 Å². The fourth-order valence-electron chi connectivity index (χ4n) is 3.58. The lowest BCUT2D eigenvalue weighted by Gasteiger charge is -2.26. The van der Waals surface area contributed by atoms with Crippen LogP contribution in [-0.4, -0.2) is 59.2 Å². The van der Waals surface area contributed by atoms with Gasteiger partial charge in [0, 0.05) is 24.3 Å². The first-order chi connectivity index (χ1) is 14.9. The number of hydrogen-bond donors (Lipinski definition) is 0. The molecule has 1 aliphatic heterocycles. The number of sulfonamides is 1. The molecule has 1 aliphatic rings. The Labute approximate surface area is 185 Å². The molecule has 9 heteroatoms. The Morgan fingerprint density at radius 1 is 1.13 bits per heavy atom. The van der Waals surface area contributed by atoms with Gasteiger partial charge in [-0.05, 0) is 60.8 Å². The monoisotopic (exact) mass is 460 g/mol. The van der Waals surface area contributed by atoms with Crippen molar-refractivity contribution in [2.24, 2.45) is 0 Å². The molecule has 4 rings (SSSR count). The van der Waals surface area contributed by atoms with Crippen molar-refractivity contribution in [3.8, 4) is 5.75 Å². The number of carbonyl (C=O) groups excluding carboxylic acids is 1. The van der Waals surface area contributed by atoms with E-state index in [2.05, 4.69) is 0 Å². The number of ether oxygens (including phenoxy) is 2. The van der Waals surface area contributed by atoms with Crippen molar-refractivity contribution in [1.82, 2.24) is 4.90 Å². The number of nitrogens with zero attached hydrogens (tertiary/aromatic N) is 2. The molecule has 0 unspecified atom stereocenters. The van der Waals surface area contributed by atoms with Gasteiger partial charge in [0.2, 0.25) is 0 Å². The number of methoxy groups -OCH3 is 1. The molecular weight excluding hydrogens is 436 g/mol. The first kappa shape index (κ1) is 21.6. The molecule has 3 aromatic rings. The predicted octanol–water partition coefficient (Wildman–Crippen LogP) is 3.60. The quantitative estimate of drug-likeness (QED) is 0.562. The van der Waals surface area contributed by atoms with Crippen molar-refractivity contribution >= 4 is 43.0 Å². The SMILES string of the molecule is CCN(c1ccc2sc(C(=O)N3CCOCC3)cc2c1)S(=O)(=O)c1ccc(OC)cc1. The van der Waals surface area contributed by atoms with E-state index in [9.17, 15) is 13.2 Å². The zero-order chi connectivity index (χ0) is 22.0. The van der Waals surface area contributed by atoms with Gasteiger partial charge >= 0.3 is 0 Å². The Morgan fingerprint density at radius 2 is 1.84 bits per heavy atom. The second-order valence-electron chi connectivity index (χ2n) is 7.08. The number of morpholine rings is 1. The molecule has 0 saturated carbocycles. The van der Waals surface area contributed by atoms with Gasteiger partial charge in [-0.1, -0.05) is 0 Å². The van der Waals surface area contributed by atoms with Crippen LogP contribution in [0.5, 0.6) is 5.75 Å². The molecule has 164 valence electrons. The van der Waals surface area contributed by atoms with Crippen LogP contribution in [0.4, 0.5) is 5.69 Å². The first-order valence-corrected chi connectivity index (χ1v) is 12.3. The van der Waals surface area contributed by atoms with Gasteiger partial charge < -0.3 is 14.4 Å². The topological polar surface area (TPSA) is 76.2 Å². The summed E-state index contributed by atoms with van der Waals surface area (Å²) in [5.74, 6) is 0.586. The van der Waals surface area contributed by atoms with Crippen molar-refractivity contribution in [1.29, 1.82) is 0 Å². The van der Waals surface area contributed by atoms with E-state index in [4.69, 9.17) is 9.47 Å². The van der Waals surface area contributed by atoms with E-state index in [1.165, 1.54) is 22.8 Å². The minimum absolute atomic E-state index is 0.00995. The van der Waals surface area contributed by atoms with Gasteiger partial charge in [-0.2, -0.15) is 0 Å². The van der Waals surface area contributed by atoms with E-state index in [1.54, 1.807) is 42.2 Å². The second-order valence-corrected chi connectivity index (χ2v) is 10.0. The Bertz CT molecular complexity index is 1180. The van der Waals surface area contributed by atoms with Gasteiger partial charge in [0.25, 0.3) is 15.9 Å². The smallest absolute Gasteiger partial charge is 0.264 e. The fourth-order valence-corrected chi connectivity index (χ4v) is 6.06. The van der Waals surface area contributed by atoms with Gasteiger partial charge in [0.05, 0.1) is 35.8 Å². The van der Waals surface area contributed by atoms with Crippen molar-refractivity contribution in [3.63, 3.8) is 0 Å². The molecule has 7 nitrogen and oxygen atoms in total. The molecule has 0 N–H and O–H groups in total. The third kappa shape index (κ3) is 4.26. The maximum absolute atomic E-state index is 13.2. The molecule has 1 aromatic heterocycles. The normalized spacial score (nSPS) is 14.6. The van der Waals surface area contributed by atoms with E-state index in [0.717, 1.165) is 10.1 Å². The van der Waals surface area contributed by atoms with Gasteiger partial charge in [-0.25, -0.2) is 8.42 Å². The predicted molar refractivity (Wildman–Crippen MR) is 122 cm³/mol. The molecule has 0 spiro atoms. The summed E-state index contributed by atoms with van der Waals surface area (Å²) in [6.45, 7) is 4.35. The molecule has 0 radical (unpaired) electrons. The molecule has 0 atom stereocenters. The zero-order valence-corrected chi connectivity index (χ0v) is 19.0. The minimum atomic E-state index is -3.73. The van der Waals surface area contributed by atoms with Crippen LogP contribution in [0, 0.1) is 0 Å². The standard InChI is InChI=1S/C22H24N2O5S2/c1-3-24(31(26,27)19-7-5-18(28-2)6-8-19)17-4-9-20-16(14-17)15-21(30-20)22(25)23-10-12-29-13-11-23/h4-9,14-15H,3,10-13H2,1-2H3. The molecule has 1 amide bonds. The Balaban J connectivity index is 1.65. The molecule has 1 fully saturated rings. The summed E-state index contributed by atoms with van der Waals surface area (Å²) in [5, 5.41) is 0.850. The number of fused-ring (bicyclic) bond motifs is 1. The van der Waals surface area contributed by atoms with Crippen molar-refractivity contribution in [2.75, 3.05) is 44.3 Å². The Morgan fingerprint density at radius 3 is 2.48 bits per heavy atom. The Kier molecular flexibility index (Phi) is 6.17. The van der Waals surface area contributed by atoms with Crippen LogP contribution in [0.3, 0.4) is 0 Å². The van der Waals surface area contributed by atoms with Crippen LogP contribution in [0.15, 0.2) is 53.4 Å². The highest BCUT2D eigenvalue weighted by molar-refractivity contribution is 7.92. The van der Waals surface area contributed by atoms with Gasteiger partial charge in [0.1, 0.15) is 5.75 Å². The first-order valence-electron chi connectivity index (χ1n) is 10.0. The summed E-state index contributed by atoms with van der Waals surface area (Å²) < 4.78 is 39.2. The number of thiophene rings is 1. The summed E-state index contributed by atoms with van der Waals surface area (Å²) >= 11 is 1.42. The molecule has 31 heavy (non-hydrogen) atoms. The molecule has 2 heterocycles. The highest BCUT2D eigenvalue weighted by atomic mass is 32.2. The minimum Gasteiger partial charge on any atom is -0.497 e. The average molecular weight is 461 g/mol. The van der Waals surface area contributed by atoms with Crippen LogP contribution in [0.1, 0.15) is 16.6 Å². The molecule has 2 aromatic carbocycles. The molecule has 1 saturated heterocycles. The lowest BCUT2D eigenvalue weighted by Crippen LogP contribution is -2.40. The number of anilines is 1. The van der Waals surface area contributed by atoms with E-state index in [0.29, 0.717) is 42.6 Å². The fraction of sp³-hybridized carbons (Fsp3) is 0.318. The van der Waals surface area contributed by atoms with E-state index in [1.807, 2.05) is 18.2 Å². The molecule has 0 bridgehead atoms. The Hall–Kier alpha value is -2.62. The van der Waals surface area contributed by atoms with Gasteiger partial charge in [-0.15, -0.1) is 11.3 Å². The third-order valence-electron chi connectivity index (χ3n) is 5.23. The van der Waals surface area contributed by atoms with E-state index in [-0.39, 0.29) is 17.3 Å². The van der Waals surface area contributed by atoms with Crippen LogP contribution in [0.25, 0.3) is 10.1 Å². The zero-order valence-electron chi connectivity index (χ0n) is 17.4. The number of rotatable bonds is 6. The van der Waals surface area contributed by atoms with E-state index < -0.39 is 10.0 Å². The summed E-state index contributed by atoms with van der Waals surface area (Å²) in [5.41, 5.74) is 0.564. The van der Waals surface area contributed by atoms with Crippen molar-refractivity contribution in [2.45, 2.75) is 11.8 Å². The maximum Gasteiger partial charge on any atom is 0.264 e. The summed E-state index contributed by atoms with van der Waals surface area (Å²) in [6.07, 6.45) is 0. The summed E-state index contributed by atoms with van der Waals surface area (Å²) in [4.78, 5) is 15.4. The average Bonchev–Trinajstić information content (AvgIpc) is 3.23. The second kappa shape index (κ2) is 8.86. The lowest BCUT2D eigenvalue weighted by molar-refractivity contribution is 0.0306. The molecule has 0 aliphatic carbocycles. The lowest BCUT2D eigenvalue weighted by atomic mass is 10.2. The number of benzene rings is 2. The highest BCUT2D eigenvalue weighted by Gasteiger charge is 2.25. The van der Waals surface area contributed by atoms with Crippen LogP contribution < -0.4 is 9.04 Å². The summed E-state index contributed by atoms with van der Waals surface area (Å²) in [7, 11) is -2.19. The van der Waals surface area contributed by atoms with Crippen LogP contribution >= 0.6 is 11.3 Å². The van der Waals surface area contributed by atoms with Crippen LogP contribution in [0.2, 0.25) is 0 Å². The van der Waals surface area contributed by atoms with E-state index >= 15 is 0 Å². The summed E-state index contributed by atoms with van der Waals surface area (Å²) in [6, 6.07) is 13.7. The number of hydrogen-bond acceptors (Lipinski definition) is 6. The van der Waals surface area contributed by atoms with Crippen molar-refractivity contribution < 1.29 is 22.7 Å². The number of carbonyl (C=O) groups is 1. The maximum atomic E-state index is 13.2.